The summed E-state index contributed by atoms with van der Waals surface area (Å²) in [7, 11) is 0. The maximum atomic E-state index is 12.5. The fraction of sp³-hybridized carbons (Fsp3) is 0.562. The van der Waals surface area contributed by atoms with E-state index in [-0.39, 0.29) is 30.3 Å². The van der Waals surface area contributed by atoms with Crippen LogP contribution in [0.4, 0.5) is 0 Å². The predicted molar refractivity (Wildman–Crippen MR) is 79.7 cm³/mol. The van der Waals surface area contributed by atoms with Crippen molar-refractivity contribution in [1.82, 2.24) is 14.8 Å². The number of carbonyl (C=O) groups is 2. The number of pyridine rings is 1. The van der Waals surface area contributed by atoms with E-state index in [0.717, 1.165) is 12.1 Å². The molecule has 0 saturated carbocycles. The first kappa shape index (κ1) is 15.0. The van der Waals surface area contributed by atoms with Gasteiger partial charge in [-0.15, -0.1) is 0 Å². The zero-order valence-electron chi connectivity index (χ0n) is 12.8. The summed E-state index contributed by atoms with van der Waals surface area (Å²) >= 11 is 0. The van der Waals surface area contributed by atoms with Gasteiger partial charge in [-0.25, -0.2) is 0 Å². The molecule has 2 amide bonds. The van der Waals surface area contributed by atoms with E-state index in [1.54, 1.807) is 17.3 Å². The molecule has 2 fully saturated rings. The lowest BCUT2D eigenvalue weighted by atomic mass is 10.0. The van der Waals surface area contributed by atoms with Gasteiger partial charge in [0.1, 0.15) is 6.61 Å². The summed E-state index contributed by atoms with van der Waals surface area (Å²) < 4.78 is 5.16. The largest absolute Gasteiger partial charge is 0.372 e. The number of carbonyl (C=O) groups excluding carboxylic acids is 2. The Morgan fingerprint density at radius 3 is 2.95 bits per heavy atom. The Labute approximate surface area is 130 Å². The van der Waals surface area contributed by atoms with E-state index in [9.17, 15) is 9.59 Å². The van der Waals surface area contributed by atoms with E-state index >= 15 is 0 Å². The summed E-state index contributed by atoms with van der Waals surface area (Å²) in [6, 6.07) is 3.86. The number of fused-ring (bicyclic) bond motifs is 1. The Kier molecular flexibility index (Phi) is 4.38. The van der Waals surface area contributed by atoms with E-state index in [1.165, 1.54) is 0 Å². The van der Waals surface area contributed by atoms with Crippen LogP contribution < -0.4 is 0 Å². The van der Waals surface area contributed by atoms with Crippen molar-refractivity contribution in [3.8, 4) is 0 Å². The molecule has 0 N–H and O–H groups in total. The second-order valence-electron chi connectivity index (χ2n) is 5.88. The predicted octanol–water partition coefficient (Wildman–Crippen LogP) is 0.535. The Bertz CT molecular complexity index is 549. The van der Waals surface area contributed by atoms with E-state index in [4.69, 9.17) is 4.74 Å². The smallest absolute Gasteiger partial charge is 0.248 e. The average Bonchev–Trinajstić information content (AvgIpc) is 3.07. The molecule has 6 nitrogen and oxygen atoms in total. The Morgan fingerprint density at radius 2 is 2.27 bits per heavy atom. The summed E-state index contributed by atoms with van der Waals surface area (Å²) in [5.74, 6) is 0.334. The first-order valence-corrected chi connectivity index (χ1v) is 7.72. The molecule has 0 radical (unpaired) electrons. The molecule has 0 spiro atoms. The number of amides is 2. The minimum absolute atomic E-state index is 0.0112. The van der Waals surface area contributed by atoms with Gasteiger partial charge in [-0.3, -0.25) is 14.6 Å². The highest BCUT2D eigenvalue weighted by Gasteiger charge is 2.47. The van der Waals surface area contributed by atoms with Crippen molar-refractivity contribution >= 4 is 11.8 Å². The van der Waals surface area contributed by atoms with E-state index in [1.807, 2.05) is 24.0 Å². The number of nitrogens with zero attached hydrogens (tertiary/aromatic N) is 3. The first-order chi connectivity index (χ1) is 10.7. The van der Waals surface area contributed by atoms with Crippen molar-refractivity contribution in [3.63, 3.8) is 0 Å². The van der Waals surface area contributed by atoms with Crippen LogP contribution in [0.2, 0.25) is 0 Å². The maximum absolute atomic E-state index is 12.5. The molecule has 118 valence electrons. The number of likely N-dealkylation sites (tertiary alicyclic amines) is 2. The molecule has 2 aliphatic rings. The molecule has 2 atom stereocenters. The molecule has 22 heavy (non-hydrogen) atoms. The number of rotatable bonds is 5. The van der Waals surface area contributed by atoms with Gasteiger partial charge in [0.15, 0.2) is 0 Å². The first-order valence-electron chi connectivity index (χ1n) is 7.72. The Hall–Kier alpha value is -1.95. The van der Waals surface area contributed by atoms with Gasteiger partial charge in [-0.1, -0.05) is 6.07 Å². The van der Waals surface area contributed by atoms with Crippen molar-refractivity contribution in [2.45, 2.75) is 13.5 Å². The van der Waals surface area contributed by atoms with Crippen LogP contribution in [0.3, 0.4) is 0 Å². The fourth-order valence-electron chi connectivity index (χ4n) is 3.28. The molecule has 2 aliphatic heterocycles. The molecule has 3 heterocycles. The lowest BCUT2D eigenvalue weighted by Crippen LogP contribution is -2.37. The lowest BCUT2D eigenvalue weighted by molar-refractivity contribution is -0.136. The highest BCUT2D eigenvalue weighted by Crippen LogP contribution is 2.33. The van der Waals surface area contributed by atoms with Crippen molar-refractivity contribution in [2.75, 3.05) is 32.8 Å². The molecule has 0 unspecified atom stereocenters. The Balaban J connectivity index is 1.57. The van der Waals surface area contributed by atoms with Crippen LogP contribution in [0.1, 0.15) is 12.5 Å². The van der Waals surface area contributed by atoms with Crippen molar-refractivity contribution in [2.24, 2.45) is 11.8 Å². The minimum Gasteiger partial charge on any atom is -0.372 e. The zero-order chi connectivity index (χ0) is 15.5. The molecular weight excluding hydrogens is 282 g/mol. The quantitative estimate of drug-likeness (QED) is 0.796. The van der Waals surface area contributed by atoms with Gasteiger partial charge in [0.25, 0.3) is 0 Å². The van der Waals surface area contributed by atoms with Crippen molar-refractivity contribution in [3.05, 3.63) is 30.1 Å². The van der Waals surface area contributed by atoms with Crippen LogP contribution in [0, 0.1) is 11.8 Å². The molecule has 2 saturated heterocycles. The van der Waals surface area contributed by atoms with Crippen LogP contribution in [0.25, 0.3) is 0 Å². The van der Waals surface area contributed by atoms with Gasteiger partial charge in [-0.05, 0) is 18.6 Å². The third kappa shape index (κ3) is 2.97. The summed E-state index contributed by atoms with van der Waals surface area (Å²) in [5, 5.41) is 0. The number of hydrogen-bond acceptors (Lipinski definition) is 4. The van der Waals surface area contributed by atoms with Gasteiger partial charge in [0, 0.05) is 51.1 Å². The van der Waals surface area contributed by atoms with Gasteiger partial charge < -0.3 is 14.5 Å². The monoisotopic (exact) mass is 303 g/mol. The second-order valence-corrected chi connectivity index (χ2v) is 5.88. The van der Waals surface area contributed by atoms with E-state index < -0.39 is 0 Å². The fourth-order valence-corrected chi connectivity index (χ4v) is 3.28. The van der Waals surface area contributed by atoms with Gasteiger partial charge in [0.2, 0.25) is 11.8 Å². The molecule has 1 aromatic rings. The number of hydrogen-bond donors (Lipinski definition) is 0. The van der Waals surface area contributed by atoms with Crippen LogP contribution >= 0.6 is 0 Å². The van der Waals surface area contributed by atoms with Crippen molar-refractivity contribution < 1.29 is 14.3 Å². The highest BCUT2D eigenvalue weighted by atomic mass is 16.5. The van der Waals surface area contributed by atoms with Crippen molar-refractivity contribution in [1.29, 1.82) is 0 Å². The topological polar surface area (TPSA) is 62.7 Å². The standard InChI is InChI=1S/C16H21N3O3/c1-2-22-11-15(20)18-8-13-9-19(16(21)14(13)10-18)7-12-4-3-5-17-6-12/h3-6,13-14H,2,7-11H2,1H3/t13-,14-/m1/s1. The van der Waals surface area contributed by atoms with Gasteiger partial charge in [-0.2, -0.15) is 0 Å². The van der Waals surface area contributed by atoms with E-state index in [2.05, 4.69) is 4.98 Å². The molecule has 6 heteroatoms. The molecular formula is C16H21N3O3. The Morgan fingerprint density at radius 1 is 1.41 bits per heavy atom. The van der Waals surface area contributed by atoms with Gasteiger partial charge in [0.05, 0.1) is 5.92 Å². The molecule has 1 aromatic heterocycles. The zero-order valence-corrected chi connectivity index (χ0v) is 12.8. The third-order valence-corrected chi connectivity index (χ3v) is 4.40. The third-order valence-electron chi connectivity index (χ3n) is 4.40. The second kappa shape index (κ2) is 6.44. The molecule has 3 rings (SSSR count). The summed E-state index contributed by atoms with van der Waals surface area (Å²) in [6.45, 7) is 5.02. The summed E-state index contributed by atoms with van der Waals surface area (Å²) in [5.41, 5.74) is 1.04. The normalized spacial score (nSPS) is 24.0. The van der Waals surface area contributed by atoms with Crippen LogP contribution in [-0.4, -0.2) is 59.4 Å². The van der Waals surface area contributed by atoms with Crippen LogP contribution in [-0.2, 0) is 20.9 Å². The number of aromatic nitrogens is 1. The highest BCUT2D eigenvalue weighted by molar-refractivity contribution is 5.84. The summed E-state index contributed by atoms with van der Waals surface area (Å²) in [4.78, 5) is 32.2. The number of ether oxygens (including phenoxy) is 1. The molecule has 0 bridgehead atoms. The van der Waals surface area contributed by atoms with Crippen LogP contribution in [0.15, 0.2) is 24.5 Å². The van der Waals surface area contributed by atoms with E-state index in [0.29, 0.717) is 26.2 Å². The molecule has 0 aromatic carbocycles. The summed E-state index contributed by atoms with van der Waals surface area (Å²) in [6.07, 6.45) is 3.52. The SMILES string of the molecule is CCOCC(=O)N1C[C@@H]2CN(Cc3cccnc3)C(=O)[C@@H]2C1. The van der Waals surface area contributed by atoms with Crippen LogP contribution in [0.5, 0.6) is 0 Å². The average molecular weight is 303 g/mol. The molecule has 0 aliphatic carbocycles. The van der Waals surface area contributed by atoms with Gasteiger partial charge >= 0.3 is 0 Å². The lowest BCUT2D eigenvalue weighted by Gasteiger charge is -2.21. The maximum Gasteiger partial charge on any atom is 0.248 e. The minimum atomic E-state index is -0.0535.